The molecule has 0 bridgehead atoms. The van der Waals surface area contributed by atoms with Crippen molar-refractivity contribution in [2.45, 2.75) is 296 Å². The van der Waals surface area contributed by atoms with Crippen LogP contribution in [0.4, 0.5) is 0 Å². The van der Waals surface area contributed by atoms with Crippen molar-refractivity contribution in [1.29, 1.82) is 0 Å². The first kappa shape index (κ1) is 70.2. The molecule has 0 rings (SSSR count). The zero-order valence-electron chi connectivity index (χ0n) is 48.5. The Kier molecular flexibility index (Phi) is 53.4. The predicted octanol–water partition coefficient (Wildman–Crippen LogP) is 16.9. The largest absolute Gasteiger partial charge is 0.545 e. The highest BCUT2D eigenvalue weighted by Gasteiger charge is 2.22. The summed E-state index contributed by atoms with van der Waals surface area (Å²) < 4.78 is 22.7. The quantitative estimate of drug-likeness (QED) is 0.0195. The van der Waals surface area contributed by atoms with Gasteiger partial charge in [0.1, 0.15) is 13.2 Å². The first-order valence-electron chi connectivity index (χ1n) is 30.8. The standard InChI is InChI=1S/C64H117NO8/c1-6-8-10-12-14-16-18-20-22-24-26-28-30-31-33-35-37-39-41-43-45-47-49-51-53-55-62(67)73-60(59-72-64(63(68)69)70-57-56-65(3,4)5)58-71-61(66)54-52-50-48-46-44-42-40-38-36-34-32-29-27-25-23-21-19-17-15-13-11-9-7-2/h18-21,24-27,60,64H,6-17,22-23,28-59H2,1-5H3/b20-18-,21-19-,26-24-,27-25-. The Bertz CT molecular complexity index is 1340. The summed E-state index contributed by atoms with van der Waals surface area (Å²) in [5.74, 6) is -2.27. The molecule has 0 saturated carbocycles. The summed E-state index contributed by atoms with van der Waals surface area (Å²) in [4.78, 5) is 37.4. The summed E-state index contributed by atoms with van der Waals surface area (Å²) in [6, 6.07) is 0. The van der Waals surface area contributed by atoms with Crippen molar-refractivity contribution >= 4 is 17.9 Å². The number of likely N-dealkylation sites (N-methyl/N-ethyl adjacent to an activating group) is 1. The van der Waals surface area contributed by atoms with E-state index in [1.807, 2.05) is 21.1 Å². The molecule has 0 aromatic rings. The van der Waals surface area contributed by atoms with E-state index in [2.05, 4.69) is 62.5 Å². The third-order valence-corrected chi connectivity index (χ3v) is 13.5. The third-order valence-electron chi connectivity index (χ3n) is 13.5. The Morgan fingerprint density at radius 2 is 0.740 bits per heavy atom. The molecule has 9 nitrogen and oxygen atoms in total. The van der Waals surface area contributed by atoms with Crippen LogP contribution in [-0.4, -0.2) is 82.3 Å². The Hall–Kier alpha value is -2.75. The number of carboxylic acid groups (broad SMARTS) is 1. The van der Waals surface area contributed by atoms with Crippen LogP contribution in [0.15, 0.2) is 48.6 Å². The van der Waals surface area contributed by atoms with Crippen LogP contribution in [0.2, 0.25) is 0 Å². The number of carbonyl (C=O) groups is 3. The molecule has 0 fully saturated rings. The molecular formula is C64H117NO8. The van der Waals surface area contributed by atoms with E-state index in [1.54, 1.807) is 0 Å². The van der Waals surface area contributed by atoms with Crippen molar-refractivity contribution in [1.82, 2.24) is 0 Å². The lowest BCUT2D eigenvalue weighted by molar-refractivity contribution is -0.870. The highest BCUT2D eigenvalue weighted by Crippen LogP contribution is 2.17. The first-order valence-corrected chi connectivity index (χ1v) is 30.8. The van der Waals surface area contributed by atoms with Gasteiger partial charge in [0.2, 0.25) is 0 Å². The molecule has 0 amide bonds. The molecule has 0 saturated heterocycles. The molecule has 0 N–H and O–H groups in total. The number of ether oxygens (including phenoxy) is 4. The molecule has 0 aliphatic carbocycles. The molecule has 0 radical (unpaired) electrons. The predicted molar refractivity (Wildman–Crippen MR) is 306 cm³/mol. The highest BCUT2D eigenvalue weighted by molar-refractivity contribution is 5.70. The number of esters is 2. The zero-order valence-corrected chi connectivity index (χ0v) is 48.5. The minimum Gasteiger partial charge on any atom is -0.545 e. The first-order chi connectivity index (χ1) is 35.6. The van der Waals surface area contributed by atoms with Gasteiger partial charge in [-0.2, -0.15) is 0 Å². The lowest BCUT2D eigenvalue weighted by Gasteiger charge is -2.26. The van der Waals surface area contributed by atoms with Crippen LogP contribution in [0.5, 0.6) is 0 Å². The molecule has 2 atom stereocenters. The van der Waals surface area contributed by atoms with E-state index in [1.165, 1.54) is 205 Å². The number of carboxylic acids is 1. The maximum Gasteiger partial charge on any atom is 0.306 e. The molecule has 0 aromatic heterocycles. The number of nitrogens with zero attached hydrogens (tertiary/aromatic N) is 1. The maximum atomic E-state index is 12.9. The average Bonchev–Trinajstić information content (AvgIpc) is 3.36. The summed E-state index contributed by atoms with van der Waals surface area (Å²) in [6.07, 6.45) is 65.9. The number of unbranched alkanes of at least 4 members (excludes halogenated alkanes) is 34. The van der Waals surface area contributed by atoms with E-state index in [0.29, 0.717) is 23.9 Å². The number of allylic oxidation sites excluding steroid dienone is 8. The Morgan fingerprint density at radius 1 is 0.411 bits per heavy atom. The number of quaternary nitrogens is 1. The number of hydrogen-bond acceptors (Lipinski definition) is 8. The van der Waals surface area contributed by atoms with E-state index in [4.69, 9.17) is 18.9 Å². The van der Waals surface area contributed by atoms with E-state index >= 15 is 0 Å². The Labute approximate surface area is 451 Å². The second-order valence-electron chi connectivity index (χ2n) is 22.0. The smallest absolute Gasteiger partial charge is 0.306 e. The minimum atomic E-state index is -1.62. The fourth-order valence-corrected chi connectivity index (χ4v) is 8.78. The van der Waals surface area contributed by atoms with Gasteiger partial charge >= 0.3 is 11.9 Å². The maximum absolute atomic E-state index is 12.9. The highest BCUT2D eigenvalue weighted by atomic mass is 16.7. The van der Waals surface area contributed by atoms with E-state index in [9.17, 15) is 19.5 Å². The summed E-state index contributed by atoms with van der Waals surface area (Å²) in [7, 11) is 5.93. The van der Waals surface area contributed by atoms with E-state index < -0.39 is 24.3 Å². The van der Waals surface area contributed by atoms with Crippen LogP contribution < -0.4 is 5.11 Å². The van der Waals surface area contributed by atoms with Gasteiger partial charge in [0.05, 0.1) is 40.3 Å². The molecule has 0 aliphatic rings. The Morgan fingerprint density at radius 3 is 1.08 bits per heavy atom. The second-order valence-corrected chi connectivity index (χ2v) is 22.0. The van der Waals surface area contributed by atoms with Crippen LogP contribution in [0.1, 0.15) is 284 Å². The zero-order chi connectivity index (χ0) is 53.4. The summed E-state index contributed by atoms with van der Waals surface area (Å²) in [6.45, 7) is 4.76. The van der Waals surface area contributed by atoms with Crippen molar-refractivity contribution in [3.05, 3.63) is 48.6 Å². The molecule has 0 aliphatic heterocycles. The fraction of sp³-hybridized carbons (Fsp3) is 0.828. The number of hydrogen-bond donors (Lipinski definition) is 0. The van der Waals surface area contributed by atoms with Crippen LogP contribution in [-0.2, 0) is 33.3 Å². The number of rotatable bonds is 57. The number of carbonyl (C=O) groups excluding carboxylic acids is 3. The molecule has 0 spiro atoms. The van der Waals surface area contributed by atoms with Gasteiger partial charge in [0.25, 0.3) is 0 Å². The Balaban J connectivity index is 4.20. The topological polar surface area (TPSA) is 111 Å². The molecule has 73 heavy (non-hydrogen) atoms. The van der Waals surface area contributed by atoms with Gasteiger partial charge in [-0.15, -0.1) is 0 Å². The van der Waals surface area contributed by atoms with Gasteiger partial charge in [0, 0.05) is 12.8 Å². The molecule has 2 unspecified atom stereocenters. The SMILES string of the molecule is CCCCCCC/C=C\C/C=C\CCCCCCCCCCCCCCCC(=O)OC(COC(=O)CCCCCCCCCCCCC/C=C\C/C=C\CCCCCCC)COC(OCC[N+](C)(C)C)C(=O)[O-]. The van der Waals surface area contributed by atoms with Crippen LogP contribution in [0.3, 0.4) is 0 Å². The molecular weight excluding hydrogens is 911 g/mol. The van der Waals surface area contributed by atoms with Crippen LogP contribution in [0.25, 0.3) is 0 Å². The summed E-state index contributed by atoms with van der Waals surface area (Å²) in [5.41, 5.74) is 0. The second kappa shape index (κ2) is 55.5. The summed E-state index contributed by atoms with van der Waals surface area (Å²) in [5, 5.41) is 11.8. The summed E-state index contributed by atoms with van der Waals surface area (Å²) >= 11 is 0. The third kappa shape index (κ3) is 56.8. The molecule has 0 aromatic carbocycles. The normalized spacial score (nSPS) is 13.1. The van der Waals surface area contributed by atoms with Gasteiger partial charge in [-0.1, -0.05) is 242 Å². The fourth-order valence-electron chi connectivity index (χ4n) is 8.78. The average molecular weight is 1030 g/mol. The van der Waals surface area contributed by atoms with Gasteiger partial charge in [-0.05, 0) is 77.0 Å². The van der Waals surface area contributed by atoms with Gasteiger partial charge in [-0.3, -0.25) is 9.59 Å². The van der Waals surface area contributed by atoms with Crippen LogP contribution in [0, 0.1) is 0 Å². The lowest BCUT2D eigenvalue weighted by Crippen LogP contribution is -2.44. The van der Waals surface area contributed by atoms with Crippen molar-refractivity contribution < 1.29 is 42.9 Å². The van der Waals surface area contributed by atoms with E-state index in [0.717, 1.165) is 44.9 Å². The number of aliphatic carboxylic acids is 1. The van der Waals surface area contributed by atoms with Crippen LogP contribution >= 0.6 is 0 Å². The van der Waals surface area contributed by atoms with Crippen molar-refractivity contribution in [2.75, 3.05) is 47.5 Å². The van der Waals surface area contributed by atoms with Gasteiger partial charge in [-0.25, -0.2) is 0 Å². The van der Waals surface area contributed by atoms with Crippen molar-refractivity contribution in [2.24, 2.45) is 0 Å². The minimum absolute atomic E-state index is 0.147. The lowest BCUT2D eigenvalue weighted by atomic mass is 10.0. The van der Waals surface area contributed by atoms with E-state index in [-0.39, 0.29) is 32.2 Å². The monoisotopic (exact) mass is 1030 g/mol. The van der Waals surface area contributed by atoms with Gasteiger partial charge < -0.3 is 33.3 Å². The molecule has 9 heteroatoms. The molecule has 426 valence electrons. The van der Waals surface area contributed by atoms with Crippen molar-refractivity contribution in [3.8, 4) is 0 Å². The molecule has 0 heterocycles. The van der Waals surface area contributed by atoms with Crippen molar-refractivity contribution in [3.63, 3.8) is 0 Å². The van der Waals surface area contributed by atoms with Gasteiger partial charge in [0.15, 0.2) is 12.4 Å².